The molecule has 21 heavy (non-hydrogen) atoms. The molecule has 0 aliphatic heterocycles. The molecular formula is C18H29BrN2. The van der Waals surface area contributed by atoms with Gasteiger partial charge in [-0.2, -0.15) is 0 Å². The Morgan fingerprint density at radius 2 is 1.71 bits per heavy atom. The van der Waals surface area contributed by atoms with Crippen LogP contribution in [0.3, 0.4) is 0 Å². The molecule has 0 spiro atoms. The predicted octanol–water partition coefficient (Wildman–Crippen LogP) is 4.74. The van der Waals surface area contributed by atoms with Crippen molar-refractivity contribution in [1.82, 2.24) is 4.90 Å². The number of nitrogens with two attached hydrogens (primary N) is 1. The molecule has 3 heteroatoms. The van der Waals surface area contributed by atoms with Crippen molar-refractivity contribution >= 4 is 15.9 Å². The molecule has 0 radical (unpaired) electrons. The summed E-state index contributed by atoms with van der Waals surface area (Å²) in [6.07, 6.45) is 5.38. The summed E-state index contributed by atoms with van der Waals surface area (Å²) < 4.78 is 1.13. The van der Waals surface area contributed by atoms with E-state index < -0.39 is 0 Å². The third kappa shape index (κ3) is 4.54. The van der Waals surface area contributed by atoms with Crippen LogP contribution in [0, 0.1) is 5.92 Å². The Bertz CT molecular complexity index is 421. The van der Waals surface area contributed by atoms with Crippen LogP contribution in [-0.2, 0) is 0 Å². The van der Waals surface area contributed by atoms with Crippen LogP contribution in [0.1, 0.15) is 58.1 Å². The Morgan fingerprint density at radius 3 is 2.19 bits per heavy atom. The van der Waals surface area contributed by atoms with Crippen molar-refractivity contribution in [2.24, 2.45) is 11.7 Å². The molecule has 2 unspecified atom stereocenters. The van der Waals surface area contributed by atoms with Gasteiger partial charge in [0.25, 0.3) is 0 Å². The fraction of sp³-hybridized carbons (Fsp3) is 0.667. The van der Waals surface area contributed by atoms with Crippen molar-refractivity contribution in [3.8, 4) is 0 Å². The number of benzene rings is 1. The van der Waals surface area contributed by atoms with Crippen LogP contribution >= 0.6 is 15.9 Å². The van der Waals surface area contributed by atoms with Crippen LogP contribution in [0.2, 0.25) is 0 Å². The fourth-order valence-corrected chi connectivity index (χ4v) is 3.87. The van der Waals surface area contributed by atoms with Crippen LogP contribution in [0.15, 0.2) is 28.7 Å². The largest absolute Gasteiger partial charge is 0.326 e. The standard InChI is InChI=1S/C18H29BrN2/c1-13(2)12-21(17-6-4-5-7-17)18(14(3)20)15-8-10-16(19)11-9-15/h8-11,13-14,17-18H,4-7,12,20H2,1-3H3. The van der Waals surface area contributed by atoms with Crippen molar-refractivity contribution in [3.05, 3.63) is 34.3 Å². The molecule has 1 aliphatic rings. The first kappa shape index (κ1) is 17.0. The molecule has 1 aromatic rings. The first-order valence-electron chi connectivity index (χ1n) is 8.26. The molecule has 2 atom stereocenters. The fourth-order valence-electron chi connectivity index (χ4n) is 3.60. The maximum absolute atomic E-state index is 6.40. The molecule has 118 valence electrons. The van der Waals surface area contributed by atoms with Crippen molar-refractivity contribution in [2.45, 2.75) is 64.6 Å². The summed E-state index contributed by atoms with van der Waals surface area (Å²) in [5.74, 6) is 0.669. The lowest BCUT2D eigenvalue weighted by Crippen LogP contribution is -2.46. The van der Waals surface area contributed by atoms with E-state index in [0.29, 0.717) is 18.0 Å². The summed E-state index contributed by atoms with van der Waals surface area (Å²) in [4.78, 5) is 2.69. The molecule has 1 saturated carbocycles. The monoisotopic (exact) mass is 352 g/mol. The molecule has 0 aromatic heterocycles. The van der Waals surface area contributed by atoms with E-state index in [9.17, 15) is 0 Å². The van der Waals surface area contributed by atoms with Gasteiger partial charge >= 0.3 is 0 Å². The van der Waals surface area contributed by atoms with Crippen LogP contribution in [0.4, 0.5) is 0 Å². The predicted molar refractivity (Wildman–Crippen MR) is 94.3 cm³/mol. The van der Waals surface area contributed by atoms with E-state index in [1.54, 1.807) is 0 Å². The van der Waals surface area contributed by atoms with E-state index >= 15 is 0 Å². The summed E-state index contributed by atoms with van der Waals surface area (Å²) in [7, 11) is 0. The molecule has 2 N–H and O–H groups in total. The van der Waals surface area contributed by atoms with Crippen molar-refractivity contribution < 1.29 is 0 Å². The van der Waals surface area contributed by atoms with E-state index in [2.05, 4.69) is 65.9 Å². The van der Waals surface area contributed by atoms with Gasteiger partial charge in [0.05, 0.1) is 0 Å². The lowest BCUT2D eigenvalue weighted by molar-refractivity contribution is 0.104. The molecule has 0 saturated heterocycles. The minimum Gasteiger partial charge on any atom is -0.326 e. The average molecular weight is 353 g/mol. The third-order valence-electron chi connectivity index (χ3n) is 4.44. The SMILES string of the molecule is CC(C)CN(C1CCCC1)C(c1ccc(Br)cc1)C(C)N. The Hall–Kier alpha value is -0.380. The van der Waals surface area contributed by atoms with E-state index in [-0.39, 0.29) is 6.04 Å². The van der Waals surface area contributed by atoms with Gasteiger partial charge in [0, 0.05) is 29.1 Å². The zero-order valence-electron chi connectivity index (χ0n) is 13.6. The summed E-state index contributed by atoms with van der Waals surface area (Å²) in [5.41, 5.74) is 7.75. The second kappa shape index (κ2) is 7.75. The van der Waals surface area contributed by atoms with Gasteiger partial charge in [0.15, 0.2) is 0 Å². The lowest BCUT2D eigenvalue weighted by Gasteiger charge is -2.40. The minimum atomic E-state index is 0.144. The summed E-state index contributed by atoms with van der Waals surface area (Å²) >= 11 is 3.53. The zero-order chi connectivity index (χ0) is 15.4. The highest BCUT2D eigenvalue weighted by Gasteiger charge is 2.32. The number of hydrogen-bond donors (Lipinski definition) is 1. The number of hydrogen-bond acceptors (Lipinski definition) is 2. The first-order chi connectivity index (χ1) is 9.99. The Kier molecular flexibility index (Phi) is 6.27. The third-order valence-corrected chi connectivity index (χ3v) is 4.97. The lowest BCUT2D eigenvalue weighted by atomic mass is 9.95. The highest BCUT2D eigenvalue weighted by Crippen LogP contribution is 2.33. The maximum atomic E-state index is 6.40. The van der Waals surface area contributed by atoms with Gasteiger partial charge in [0.2, 0.25) is 0 Å². The second-order valence-electron chi connectivity index (χ2n) is 6.88. The molecular weight excluding hydrogens is 324 g/mol. The van der Waals surface area contributed by atoms with Gasteiger partial charge < -0.3 is 5.73 Å². The summed E-state index contributed by atoms with van der Waals surface area (Å²) in [6.45, 7) is 7.89. The quantitative estimate of drug-likeness (QED) is 0.801. The molecule has 2 nitrogen and oxygen atoms in total. The average Bonchev–Trinajstić information content (AvgIpc) is 2.93. The topological polar surface area (TPSA) is 29.3 Å². The van der Waals surface area contributed by atoms with Crippen LogP contribution in [0.25, 0.3) is 0 Å². The van der Waals surface area contributed by atoms with Crippen LogP contribution < -0.4 is 5.73 Å². The van der Waals surface area contributed by atoms with Gasteiger partial charge in [-0.3, -0.25) is 4.90 Å². The van der Waals surface area contributed by atoms with Crippen LogP contribution in [-0.4, -0.2) is 23.5 Å². The van der Waals surface area contributed by atoms with Gasteiger partial charge in [-0.25, -0.2) is 0 Å². The Balaban J connectivity index is 2.28. The van der Waals surface area contributed by atoms with Gasteiger partial charge in [0.1, 0.15) is 0 Å². The van der Waals surface area contributed by atoms with Crippen molar-refractivity contribution in [2.75, 3.05) is 6.54 Å². The first-order valence-corrected chi connectivity index (χ1v) is 9.05. The second-order valence-corrected chi connectivity index (χ2v) is 7.80. The Labute approximate surface area is 138 Å². The minimum absolute atomic E-state index is 0.144. The summed E-state index contributed by atoms with van der Waals surface area (Å²) in [5, 5.41) is 0. The molecule has 0 bridgehead atoms. The number of rotatable bonds is 6. The van der Waals surface area contributed by atoms with E-state index in [1.165, 1.54) is 31.2 Å². The molecule has 1 aromatic carbocycles. The number of nitrogens with zero attached hydrogens (tertiary/aromatic N) is 1. The van der Waals surface area contributed by atoms with Gasteiger partial charge in [-0.1, -0.05) is 54.8 Å². The summed E-state index contributed by atoms with van der Waals surface area (Å²) in [6, 6.07) is 9.88. The molecule has 0 amide bonds. The van der Waals surface area contributed by atoms with E-state index in [0.717, 1.165) is 11.0 Å². The van der Waals surface area contributed by atoms with Gasteiger partial charge in [-0.15, -0.1) is 0 Å². The van der Waals surface area contributed by atoms with E-state index in [4.69, 9.17) is 5.73 Å². The molecule has 2 rings (SSSR count). The van der Waals surface area contributed by atoms with E-state index in [1.807, 2.05) is 0 Å². The van der Waals surface area contributed by atoms with Crippen molar-refractivity contribution in [3.63, 3.8) is 0 Å². The number of halogens is 1. The highest BCUT2D eigenvalue weighted by molar-refractivity contribution is 9.10. The molecule has 0 heterocycles. The zero-order valence-corrected chi connectivity index (χ0v) is 15.1. The van der Waals surface area contributed by atoms with Crippen LogP contribution in [0.5, 0.6) is 0 Å². The highest BCUT2D eigenvalue weighted by atomic mass is 79.9. The molecule has 1 fully saturated rings. The van der Waals surface area contributed by atoms with Gasteiger partial charge in [-0.05, 0) is 43.4 Å². The Morgan fingerprint density at radius 1 is 1.14 bits per heavy atom. The molecule has 1 aliphatic carbocycles. The smallest absolute Gasteiger partial charge is 0.0499 e. The normalized spacial score (nSPS) is 19.4. The maximum Gasteiger partial charge on any atom is 0.0499 e. The van der Waals surface area contributed by atoms with Crippen molar-refractivity contribution in [1.29, 1.82) is 0 Å².